The zero-order valence-electron chi connectivity index (χ0n) is 9.81. The van der Waals surface area contributed by atoms with Gasteiger partial charge >= 0.3 is 11.9 Å². The molecule has 0 amide bonds. The van der Waals surface area contributed by atoms with Crippen LogP contribution in [0.5, 0.6) is 0 Å². The van der Waals surface area contributed by atoms with Crippen molar-refractivity contribution < 1.29 is 20.4 Å². The lowest BCUT2D eigenvalue weighted by Crippen LogP contribution is -2.21. The number of H-pyrrole nitrogens is 1. The van der Waals surface area contributed by atoms with E-state index in [4.69, 9.17) is 11.5 Å². The Morgan fingerprint density at radius 3 is 2.21 bits per heavy atom. The van der Waals surface area contributed by atoms with Crippen LogP contribution in [0.4, 0.5) is 11.9 Å². The number of aryl methyl sites for hydroxylation is 1. The number of aromatic carboxylic acids is 1. The van der Waals surface area contributed by atoms with E-state index in [0.717, 1.165) is 11.3 Å². The van der Waals surface area contributed by atoms with Gasteiger partial charge in [-0.15, -0.1) is 21.3 Å². The van der Waals surface area contributed by atoms with Gasteiger partial charge in [0.05, 0.1) is 10.8 Å². The Kier molecular flexibility index (Phi) is 6.90. The summed E-state index contributed by atoms with van der Waals surface area (Å²) >= 11 is 4.21. The predicted molar refractivity (Wildman–Crippen MR) is 72.1 cm³/mol. The number of hydrogen-bond acceptors (Lipinski definition) is 7. The van der Waals surface area contributed by atoms with Crippen molar-refractivity contribution in [1.82, 2.24) is 9.97 Å². The minimum Gasteiger partial charge on any atom is -0.544 e. The van der Waals surface area contributed by atoms with E-state index in [2.05, 4.69) is 30.9 Å². The van der Waals surface area contributed by atoms with Crippen molar-refractivity contribution in [1.29, 1.82) is 0 Å². The van der Waals surface area contributed by atoms with E-state index in [1.54, 1.807) is 18.4 Å². The fourth-order valence-corrected chi connectivity index (χ4v) is 2.37. The molecule has 2 heterocycles. The molecular weight excluding hydrogens is 338 g/mol. The highest BCUT2D eigenvalue weighted by Crippen LogP contribution is 2.21. The Hall–Kier alpha value is -1.78. The van der Waals surface area contributed by atoms with Gasteiger partial charge in [0.1, 0.15) is 0 Å². The van der Waals surface area contributed by atoms with E-state index >= 15 is 0 Å². The maximum Gasteiger partial charge on any atom is 0.318 e. The number of nitrogens with one attached hydrogen (secondary N) is 1. The van der Waals surface area contributed by atoms with Crippen LogP contribution in [0.2, 0.25) is 0 Å². The summed E-state index contributed by atoms with van der Waals surface area (Å²) in [4.78, 5) is 20.5. The van der Waals surface area contributed by atoms with Gasteiger partial charge in [-0.3, -0.25) is 0 Å². The second-order valence-corrected chi connectivity index (χ2v) is 4.82. The van der Waals surface area contributed by atoms with Gasteiger partial charge in [0.15, 0.2) is 0 Å². The molecule has 7 N–H and O–H groups in total. The lowest BCUT2D eigenvalue weighted by Gasteiger charge is -1.95. The topological polar surface area (TPSA) is 164 Å². The maximum atomic E-state index is 10.2. The van der Waals surface area contributed by atoms with Gasteiger partial charge in [-0.05, 0) is 27.4 Å². The zero-order chi connectivity index (χ0) is 13.7. The molecule has 0 aliphatic carbocycles. The Labute approximate surface area is 121 Å². The molecule has 10 heteroatoms. The standard InChI is InChI=1S/C5H3BrO2S.C4H7N5.H2O/c6-3-1-2-9-4(3)5(7)8;1-2-7-3(5)9-4(6)8-2;/h1-2H,(H,7,8);1H3,(H4,5,6,7,8,9);1H2. The second kappa shape index (κ2) is 7.61. The maximum absolute atomic E-state index is 10.2. The highest BCUT2D eigenvalue weighted by atomic mass is 79.9. The van der Waals surface area contributed by atoms with E-state index < -0.39 is 5.97 Å². The summed E-state index contributed by atoms with van der Waals surface area (Å²) < 4.78 is 0.590. The molecule has 0 spiro atoms. The summed E-state index contributed by atoms with van der Waals surface area (Å²) in [5.41, 5.74) is 10.5. The van der Waals surface area contributed by atoms with Gasteiger partial charge in [0.2, 0.25) is 5.82 Å². The van der Waals surface area contributed by atoms with Gasteiger partial charge in [0, 0.05) is 11.4 Å². The summed E-state index contributed by atoms with van der Waals surface area (Å²) in [6.45, 7) is 1.72. The summed E-state index contributed by atoms with van der Waals surface area (Å²) in [5, 5.41) is 11.8. The van der Waals surface area contributed by atoms with Crippen molar-refractivity contribution in [2.24, 2.45) is 0 Å². The second-order valence-electron chi connectivity index (χ2n) is 3.05. The number of anilines is 2. The zero-order valence-corrected chi connectivity index (χ0v) is 12.2. The highest BCUT2D eigenvalue weighted by molar-refractivity contribution is 9.10. The van der Waals surface area contributed by atoms with Crippen LogP contribution in [-0.4, -0.2) is 21.4 Å². The first-order chi connectivity index (χ1) is 8.40. The van der Waals surface area contributed by atoms with Gasteiger partial charge in [-0.25, -0.2) is 4.98 Å². The third kappa shape index (κ3) is 5.59. The molecule has 0 saturated carbocycles. The molecule has 0 bridgehead atoms. The summed E-state index contributed by atoms with van der Waals surface area (Å²) in [6.07, 6.45) is 0. The number of carboxylic acid groups (broad SMARTS) is 1. The van der Waals surface area contributed by atoms with Crippen LogP contribution in [0.15, 0.2) is 15.9 Å². The number of carbonyl (C=O) groups is 1. The number of nitrogens with two attached hydrogens (primary N) is 2. The first kappa shape index (κ1) is 17.2. The smallest absolute Gasteiger partial charge is 0.318 e. The molecule has 0 aromatic carbocycles. The summed E-state index contributed by atoms with van der Waals surface area (Å²) in [6, 6.07) is 1.68. The molecule has 8 nitrogen and oxygen atoms in total. The highest BCUT2D eigenvalue weighted by Gasteiger charge is 2.00. The molecule has 0 radical (unpaired) electrons. The molecular formula is C9H12BrN5O3S. The van der Waals surface area contributed by atoms with Crippen molar-refractivity contribution in [3.05, 3.63) is 26.6 Å². The van der Waals surface area contributed by atoms with Crippen molar-refractivity contribution in [2.45, 2.75) is 6.92 Å². The average molecular weight is 350 g/mol. The lowest BCUT2D eigenvalue weighted by atomic mass is 10.5. The van der Waals surface area contributed by atoms with Gasteiger partial charge in [0.25, 0.3) is 0 Å². The first-order valence-corrected chi connectivity index (χ1v) is 6.30. The summed E-state index contributed by atoms with van der Waals surface area (Å²) in [7, 11) is 0. The molecule has 2 aromatic rings. The third-order valence-electron chi connectivity index (χ3n) is 1.62. The van der Waals surface area contributed by atoms with Gasteiger partial charge in [-0.1, -0.05) is 0 Å². The number of rotatable bonds is 1. The van der Waals surface area contributed by atoms with E-state index in [-0.39, 0.29) is 10.4 Å². The number of carbonyl (C=O) groups excluding carboxylic acids is 1. The number of hydrogen-bond donors (Lipinski definition) is 2. The van der Waals surface area contributed by atoms with Crippen LogP contribution in [0.25, 0.3) is 0 Å². The van der Waals surface area contributed by atoms with Gasteiger partial charge in [-0.2, -0.15) is 0 Å². The SMILES string of the molecule is Cc1nc(N)[nH+]c(N)n1.O.O=C([O-])c1sccc1Br. The fourth-order valence-electron chi connectivity index (χ4n) is 1.00. The molecule has 2 rings (SSSR count). The van der Waals surface area contributed by atoms with E-state index in [0.29, 0.717) is 22.2 Å². The van der Waals surface area contributed by atoms with Crippen molar-refractivity contribution in [3.8, 4) is 0 Å². The lowest BCUT2D eigenvalue weighted by molar-refractivity contribution is -0.351. The quantitative estimate of drug-likeness (QED) is 0.657. The molecule has 0 unspecified atom stereocenters. The van der Waals surface area contributed by atoms with Gasteiger partial charge < -0.3 is 26.8 Å². The molecule has 0 atom stereocenters. The normalized spacial score (nSPS) is 8.95. The number of nitrogen functional groups attached to an aromatic ring is 2. The van der Waals surface area contributed by atoms with Crippen molar-refractivity contribution >= 4 is 45.1 Å². The van der Waals surface area contributed by atoms with Crippen LogP contribution in [0, 0.1) is 6.92 Å². The average Bonchev–Trinajstić information content (AvgIpc) is 2.62. The molecule has 104 valence electrons. The van der Waals surface area contributed by atoms with Crippen LogP contribution in [-0.2, 0) is 0 Å². The van der Waals surface area contributed by atoms with E-state index in [9.17, 15) is 9.90 Å². The van der Waals surface area contributed by atoms with Crippen LogP contribution >= 0.6 is 27.3 Å². The Morgan fingerprint density at radius 1 is 1.42 bits per heavy atom. The van der Waals surface area contributed by atoms with E-state index in [1.165, 1.54) is 0 Å². The van der Waals surface area contributed by atoms with Crippen molar-refractivity contribution in [3.63, 3.8) is 0 Å². The first-order valence-electron chi connectivity index (χ1n) is 4.63. The molecule has 0 aliphatic rings. The molecule has 0 aliphatic heterocycles. The Bertz CT molecular complexity index is 512. The monoisotopic (exact) mass is 349 g/mol. The van der Waals surface area contributed by atoms with E-state index in [1.807, 2.05) is 0 Å². The third-order valence-corrected chi connectivity index (χ3v) is 3.44. The fraction of sp³-hybridized carbons (Fsp3) is 0.111. The number of aromatic nitrogens is 3. The molecule has 0 saturated heterocycles. The number of nitrogens with zero attached hydrogens (tertiary/aromatic N) is 2. The number of halogens is 1. The van der Waals surface area contributed by atoms with Crippen molar-refractivity contribution in [2.75, 3.05) is 11.5 Å². The van der Waals surface area contributed by atoms with Crippen LogP contribution in [0.1, 0.15) is 15.5 Å². The Morgan fingerprint density at radius 2 is 1.95 bits per heavy atom. The Balaban J connectivity index is 0.000000324. The minimum absolute atomic E-state index is 0. The molecule has 19 heavy (non-hydrogen) atoms. The minimum atomic E-state index is -1.13. The summed E-state index contributed by atoms with van der Waals surface area (Å²) in [5.74, 6) is 0.0284. The predicted octanol–water partition coefficient (Wildman–Crippen LogP) is -1.19. The number of aromatic amines is 1. The van der Waals surface area contributed by atoms with Crippen LogP contribution in [0.3, 0.4) is 0 Å². The number of thiophene rings is 1. The number of carboxylic acids is 1. The van der Waals surface area contributed by atoms with Crippen LogP contribution < -0.4 is 21.6 Å². The largest absolute Gasteiger partial charge is 0.544 e. The molecule has 0 fully saturated rings. The molecule has 2 aromatic heterocycles.